The lowest BCUT2D eigenvalue weighted by molar-refractivity contribution is -0.139. The van der Waals surface area contributed by atoms with Crippen LogP contribution in [-0.2, 0) is 35.0 Å². The number of hydrogen-bond acceptors (Lipinski definition) is 11. The first kappa shape index (κ1) is 48.7. The highest BCUT2D eigenvalue weighted by molar-refractivity contribution is 7.88. The van der Waals surface area contributed by atoms with Crippen molar-refractivity contribution >= 4 is 96.4 Å². The number of aromatic carboxylic acids is 1. The van der Waals surface area contributed by atoms with Gasteiger partial charge in [-0.2, -0.15) is 4.31 Å². The minimum Gasteiger partial charge on any atom is -0.479 e. The normalized spacial score (nSPS) is 21.5. The van der Waals surface area contributed by atoms with Gasteiger partial charge in [-0.3, -0.25) is 29.4 Å². The van der Waals surface area contributed by atoms with Gasteiger partial charge in [0.1, 0.15) is 11.1 Å². The number of carboxylic acid groups (broad SMARTS) is 2. The molecule has 2 saturated heterocycles. The van der Waals surface area contributed by atoms with Gasteiger partial charge in [0.2, 0.25) is 27.7 Å². The average Bonchev–Trinajstić information content (AvgIpc) is 3.65. The largest absolute Gasteiger partial charge is 0.479 e. The molecule has 5 N–H and O–H groups in total. The van der Waals surface area contributed by atoms with Crippen LogP contribution < -0.4 is 25.6 Å². The number of ether oxygens (including phenoxy) is 1. The molecule has 70 heavy (non-hydrogen) atoms. The minimum atomic E-state index is -3.81. The molecule has 1 aromatic heterocycles. The summed E-state index contributed by atoms with van der Waals surface area (Å²) in [5.74, 6) is -4.33. The number of carbonyl (C=O) groups excluding carboxylic acids is 4. The van der Waals surface area contributed by atoms with Crippen molar-refractivity contribution < 1.29 is 52.1 Å². The molecular formula is C51H52ClN5O11S2. The fourth-order valence-electron chi connectivity index (χ4n) is 10.8. The summed E-state index contributed by atoms with van der Waals surface area (Å²) < 4.78 is 35.0. The number of carboxylic acids is 2. The van der Waals surface area contributed by atoms with Crippen molar-refractivity contribution in [3.05, 3.63) is 105 Å². The minimum absolute atomic E-state index is 0.000967. The summed E-state index contributed by atoms with van der Waals surface area (Å²) in [6.45, 7) is 3.29. The lowest BCUT2D eigenvalue weighted by Crippen LogP contribution is -2.55. The van der Waals surface area contributed by atoms with Gasteiger partial charge in [-0.15, -0.1) is 11.3 Å². The maximum absolute atomic E-state index is 14.1. The third kappa shape index (κ3) is 9.74. The lowest BCUT2D eigenvalue weighted by atomic mass is 9.86. The second-order valence-electron chi connectivity index (χ2n) is 19.1. The summed E-state index contributed by atoms with van der Waals surface area (Å²) in [7, 11) is -3.81. The third-order valence-electron chi connectivity index (χ3n) is 13.9. The Morgan fingerprint density at radius 3 is 2.44 bits per heavy atom. The van der Waals surface area contributed by atoms with Crippen LogP contribution >= 0.6 is 22.9 Å². The number of sulfonamides is 1. The molecule has 4 heterocycles. The SMILES string of the molecule is CC1(C)C[C@@H](Nc2cccc(-c3sc(C(=O)O)c(OCC(=O)O)c3Cl)c2)CCN1S(=O)(=O)Cc1cccc(NC(=O)C2CCC[C@@H](c3ccc4c5c(cccc35)N(C3CCC(=O)NC3=O)C4=O)CC2)c1. The highest BCUT2D eigenvalue weighted by atomic mass is 35.5. The number of imide groups is 1. The summed E-state index contributed by atoms with van der Waals surface area (Å²) in [5.41, 5.74) is 3.92. The Morgan fingerprint density at radius 1 is 0.914 bits per heavy atom. The number of nitrogens with zero attached hydrogens (tertiary/aromatic N) is 2. The molecule has 1 aliphatic carbocycles. The first-order chi connectivity index (χ1) is 33.4. The molecule has 4 atom stereocenters. The summed E-state index contributed by atoms with van der Waals surface area (Å²) in [5, 5.41) is 29.5. The Morgan fingerprint density at radius 2 is 1.69 bits per heavy atom. The molecule has 4 amide bonds. The van der Waals surface area contributed by atoms with E-state index in [1.165, 1.54) is 4.90 Å². The van der Waals surface area contributed by atoms with Gasteiger partial charge in [-0.25, -0.2) is 18.0 Å². The van der Waals surface area contributed by atoms with E-state index in [0.717, 1.165) is 46.9 Å². The van der Waals surface area contributed by atoms with Gasteiger partial charge in [0.25, 0.3) is 5.91 Å². The van der Waals surface area contributed by atoms with Crippen LogP contribution in [0.5, 0.6) is 5.75 Å². The van der Waals surface area contributed by atoms with Gasteiger partial charge in [0, 0.05) is 52.8 Å². The molecule has 9 rings (SSSR count). The Labute approximate surface area is 413 Å². The van der Waals surface area contributed by atoms with Crippen molar-refractivity contribution in [1.82, 2.24) is 9.62 Å². The molecule has 0 bridgehead atoms. The van der Waals surface area contributed by atoms with E-state index >= 15 is 0 Å². The molecular weight excluding hydrogens is 958 g/mol. The van der Waals surface area contributed by atoms with Crippen molar-refractivity contribution in [1.29, 1.82) is 0 Å². The molecule has 4 aliphatic rings. The van der Waals surface area contributed by atoms with Gasteiger partial charge >= 0.3 is 11.9 Å². The number of thiophene rings is 1. The second kappa shape index (κ2) is 19.5. The van der Waals surface area contributed by atoms with Crippen molar-refractivity contribution in [2.45, 2.75) is 101 Å². The Balaban J connectivity index is 0.813. The van der Waals surface area contributed by atoms with Crippen molar-refractivity contribution in [2.75, 3.05) is 28.7 Å². The second-order valence-corrected chi connectivity index (χ2v) is 22.4. The number of amides is 4. The third-order valence-corrected chi connectivity index (χ3v) is 17.6. The fraction of sp³-hybridized carbons (Fsp3) is 0.373. The number of benzene rings is 4. The van der Waals surface area contributed by atoms with Gasteiger partial charge < -0.3 is 25.6 Å². The van der Waals surface area contributed by atoms with E-state index < -0.39 is 46.1 Å². The maximum atomic E-state index is 14.1. The molecule has 366 valence electrons. The number of aliphatic carboxylic acids is 1. The van der Waals surface area contributed by atoms with E-state index in [-0.39, 0.29) is 76.4 Å². The predicted molar refractivity (Wildman–Crippen MR) is 266 cm³/mol. The zero-order valence-corrected chi connectivity index (χ0v) is 40.8. The molecule has 0 spiro atoms. The molecule has 19 heteroatoms. The summed E-state index contributed by atoms with van der Waals surface area (Å²) in [6.07, 6.45) is 5.16. The molecule has 16 nitrogen and oxygen atoms in total. The van der Waals surface area contributed by atoms with Crippen LogP contribution in [0.4, 0.5) is 17.1 Å². The van der Waals surface area contributed by atoms with Crippen LogP contribution in [0, 0.1) is 5.92 Å². The quantitative estimate of drug-likeness (QED) is 0.0520. The maximum Gasteiger partial charge on any atom is 0.349 e. The molecule has 2 unspecified atom stereocenters. The molecule has 1 saturated carbocycles. The van der Waals surface area contributed by atoms with E-state index in [4.69, 9.17) is 21.4 Å². The number of anilines is 3. The predicted octanol–water partition coefficient (Wildman–Crippen LogP) is 8.64. The van der Waals surface area contributed by atoms with Gasteiger partial charge in [0.05, 0.1) is 16.3 Å². The van der Waals surface area contributed by atoms with Crippen LogP contribution in [-0.4, -0.2) is 89.3 Å². The van der Waals surface area contributed by atoms with Crippen LogP contribution in [0.3, 0.4) is 0 Å². The van der Waals surface area contributed by atoms with Crippen molar-refractivity contribution in [3.63, 3.8) is 0 Å². The van der Waals surface area contributed by atoms with E-state index in [0.29, 0.717) is 64.3 Å². The van der Waals surface area contributed by atoms with Crippen LogP contribution in [0.15, 0.2) is 78.9 Å². The lowest BCUT2D eigenvalue weighted by Gasteiger charge is -2.45. The smallest absolute Gasteiger partial charge is 0.349 e. The van der Waals surface area contributed by atoms with Crippen molar-refractivity contribution in [2.24, 2.45) is 5.92 Å². The van der Waals surface area contributed by atoms with E-state index in [9.17, 15) is 42.3 Å². The number of carbonyl (C=O) groups is 6. The standard InChI is InChI=1S/C51H52ClN5O11S2/c1-51(2)25-34(53-33-12-5-10-31(24-33)45-43(52)44(68-26-41(59)60)46(69-45)50(64)65)21-22-56(51)70(66,67)27-28-7-3-11-32(23-28)54-47(61)30-9-4-8-29(15-16-30)35-17-18-37-42-36(35)13-6-14-38(42)57(49(37)63)39-19-20-40(58)55-48(39)62/h3,5-7,10-14,17-18,23-24,29-30,34,39,53H,4,8-9,15-16,19-22,25-27H2,1-2H3,(H,54,61)(H,59,60)(H,64,65)(H,55,58,62)/t29-,30?,34+,39?/m1/s1. The van der Waals surface area contributed by atoms with E-state index in [2.05, 4.69) is 16.0 Å². The Hall–Kier alpha value is -6.34. The number of hydrogen-bond donors (Lipinski definition) is 5. The van der Waals surface area contributed by atoms with Crippen LogP contribution in [0.2, 0.25) is 5.02 Å². The number of rotatable bonds is 14. The number of piperidine rings is 2. The Kier molecular flexibility index (Phi) is 13.5. The van der Waals surface area contributed by atoms with E-state index in [1.54, 1.807) is 46.8 Å². The summed E-state index contributed by atoms with van der Waals surface area (Å²) >= 11 is 7.42. The summed E-state index contributed by atoms with van der Waals surface area (Å²) in [6, 6.07) is 22.9. The van der Waals surface area contributed by atoms with Gasteiger partial charge in [-0.1, -0.05) is 60.5 Å². The fourth-order valence-corrected chi connectivity index (χ4v) is 14.1. The van der Waals surface area contributed by atoms with Gasteiger partial charge in [-0.05, 0) is 123 Å². The van der Waals surface area contributed by atoms with Crippen LogP contribution in [0.25, 0.3) is 21.2 Å². The summed E-state index contributed by atoms with van der Waals surface area (Å²) in [4.78, 5) is 77.0. The van der Waals surface area contributed by atoms with E-state index in [1.807, 2.05) is 50.2 Å². The average molecular weight is 1010 g/mol. The molecule has 5 aromatic rings. The molecule has 4 aromatic carbocycles. The number of nitrogens with one attached hydrogen (secondary N) is 3. The molecule has 0 radical (unpaired) electrons. The van der Waals surface area contributed by atoms with Gasteiger partial charge in [0.15, 0.2) is 17.2 Å². The first-order valence-electron chi connectivity index (χ1n) is 23.3. The highest BCUT2D eigenvalue weighted by Crippen LogP contribution is 2.47. The topological polar surface area (TPSA) is 229 Å². The number of halogens is 1. The monoisotopic (exact) mass is 1010 g/mol. The Bertz CT molecular complexity index is 3080. The molecule has 3 fully saturated rings. The highest BCUT2D eigenvalue weighted by Gasteiger charge is 2.43. The first-order valence-corrected chi connectivity index (χ1v) is 26.1. The molecule has 3 aliphatic heterocycles. The van der Waals surface area contributed by atoms with Crippen molar-refractivity contribution in [3.8, 4) is 16.2 Å². The zero-order valence-electron chi connectivity index (χ0n) is 38.5. The van der Waals surface area contributed by atoms with Crippen LogP contribution in [0.1, 0.15) is 109 Å². The zero-order chi connectivity index (χ0) is 49.6.